The van der Waals surface area contributed by atoms with Gasteiger partial charge in [0, 0.05) is 34.9 Å². The van der Waals surface area contributed by atoms with E-state index in [1.165, 1.54) is 0 Å². The molecule has 0 spiro atoms. The van der Waals surface area contributed by atoms with Crippen LogP contribution in [0.5, 0.6) is 0 Å². The Morgan fingerprint density at radius 1 is 1.06 bits per heavy atom. The number of esters is 1. The maximum Gasteiger partial charge on any atom is 0.312 e. The molecule has 7 nitrogen and oxygen atoms in total. The Morgan fingerprint density at radius 3 is 2.23 bits per heavy atom. The zero-order valence-corrected chi connectivity index (χ0v) is 21.4. The van der Waals surface area contributed by atoms with Crippen molar-refractivity contribution in [2.45, 2.75) is 45.1 Å². The van der Waals surface area contributed by atoms with Crippen molar-refractivity contribution in [2.75, 3.05) is 12.4 Å². The molecule has 9 heteroatoms. The number of hydrogen-bond acceptors (Lipinski definition) is 5. The number of ketones is 1. The van der Waals surface area contributed by atoms with Crippen molar-refractivity contribution in [2.24, 2.45) is 5.92 Å². The zero-order valence-electron chi connectivity index (χ0n) is 19.8. The molecule has 2 amide bonds. The number of hydrazine groups is 1. The van der Waals surface area contributed by atoms with Crippen LogP contribution in [0.4, 0.5) is 0 Å². The second kappa shape index (κ2) is 11.2. The monoisotopic (exact) mass is 518 g/mol. The Labute approximate surface area is 214 Å². The van der Waals surface area contributed by atoms with Gasteiger partial charge < -0.3 is 4.74 Å². The summed E-state index contributed by atoms with van der Waals surface area (Å²) in [6, 6.07) is 13.4. The molecule has 0 aromatic heterocycles. The van der Waals surface area contributed by atoms with Crippen LogP contribution in [0.25, 0.3) is 0 Å². The molecule has 2 aromatic rings. The summed E-state index contributed by atoms with van der Waals surface area (Å²) >= 11 is 11.7. The fourth-order valence-electron chi connectivity index (χ4n) is 3.66. The molecular formula is C26H28Cl2N2O5. The number of halogens is 2. The average Bonchev–Trinajstić information content (AvgIpc) is 3.18. The summed E-state index contributed by atoms with van der Waals surface area (Å²) in [6.07, 6.45) is -1.09. The topological polar surface area (TPSA) is 92.8 Å². The van der Waals surface area contributed by atoms with Gasteiger partial charge in [-0.15, -0.1) is 11.6 Å². The maximum absolute atomic E-state index is 12.8. The van der Waals surface area contributed by atoms with E-state index in [1.54, 1.807) is 36.4 Å². The van der Waals surface area contributed by atoms with Gasteiger partial charge >= 0.3 is 5.97 Å². The van der Waals surface area contributed by atoms with Crippen molar-refractivity contribution >= 4 is 46.8 Å². The lowest BCUT2D eigenvalue weighted by Gasteiger charge is -2.21. The van der Waals surface area contributed by atoms with Crippen LogP contribution in [0.15, 0.2) is 48.5 Å². The molecule has 1 N–H and O–H groups in total. The molecule has 0 radical (unpaired) electrons. The normalized spacial score (nSPS) is 16.7. The van der Waals surface area contributed by atoms with E-state index in [0.29, 0.717) is 16.1 Å². The fourth-order valence-corrected chi connectivity index (χ4v) is 3.99. The first kappa shape index (κ1) is 26.7. The predicted molar refractivity (Wildman–Crippen MR) is 133 cm³/mol. The summed E-state index contributed by atoms with van der Waals surface area (Å²) < 4.78 is 5.46. The first-order valence-electron chi connectivity index (χ1n) is 11.3. The van der Waals surface area contributed by atoms with Crippen molar-refractivity contribution in [1.82, 2.24) is 10.4 Å². The van der Waals surface area contributed by atoms with Gasteiger partial charge in [-0.25, -0.2) is 0 Å². The lowest BCUT2D eigenvalue weighted by molar-refractivity contribution is -0.151. The summed E-state index contributed by atoms with van der Waals surface area (Å²) in [6.45, 7) is 6.17. The highest BCUT2D eigenvalue weighted by Gasteiger charge is 2.38. The van der Waals surface area contributed by atoms with Crippen molar-refractivity contribution in [1.29, 1.82) is 0 Å². The molecule has 186 valence electrons. The Bertz CT molecular complexity index is 1090. The van der Waals surface area contributed by atoms with E-state index in [1.807, 2.05) is 12.1 Å². The SMILES string of the molecule is CC(C)(C)c1ccc(C(=O)NN2C[C@H](C(=O)O[C@H](CCCl)C(=O)c3ccc(Cl)cc3)CC2=O)cc1. The minimum Gasteiger partial charge on any atom is -0.454 e. The molecule has 2 atom stereocenters. The van der Waals surface area contributed by atoms with Gasteiger partial charge in [0.25, 0.3) is 5.91 Å². The number of Topliss-reactive ketones (excluding diaryl/α,β-unsaturated/α-hetero) is 1. The molecule has 1 fully saturated rings. The van der Waals surface area contributed by atoms with Gasteiger partial charge in [0.15, 0.2) is 6.10 Å². The van der Waals surface area contributed by atoms with Crippen LogP contribution < -0.4 is 5.43 Å². The maximum atomic E-state index is 12.8. The second-order valence-corrected chi connectivity index (χ2v) is 10.3. The largest absolute Gasteiger partial charge is 0.454 e. The van der Waals surface area contributed by atoms with Crippen molar-refractivity contribution in [3.05, 3.63) is 70.2 Å². The Morgan fingerprint density at radius 2 is 1.66 bits per heavy atom. The van der Waals surface area contributed by atoms with Gasteiger partial charge in [-0.3, -0.25) is 29.6 Å². The number of nitrogens with one attached hydrogen (secondary N) is 1. The summed E-state index contributed by atoms with van der Waals surface area (Å²) in [4.78, 5) is 50.6. The van der Waals surface area contributed by atoms with Crippen LogP contribution in [0.3, 0.4) is 0 Å². The molecule has 0 saturated carbocycles. The molecule has 2 aromatic carbocycles. The molecular weight excluding hydrogens is 491 g/mol. The van der Waals surface area contributed by atoms with Gasteiger partial charge in [-0.05, 0) is 47.4 Å². The first-order chi connectivity index (χ1) is 16.5. The molecule has 35 heavy (non-hydrogen) atoms. The number of ether oxygens (including phenoxy) is 1. The standard InChI is InChI=1S/C26H28Cl2N2O5/c1-26(2,3)19-8-4-17(5-9-19)24(33)29-30-15-18(14-22(30)31)25(34)35-21(12-13-27)23(32)16-6-10-20(28)11-7-16/h4-11,18,21H,12-15H2,1-3H3,(H,29,33)/t18-,21-/m1/s1. The third-order valence-electron chi connectivity index (χ3n) is 5.76. The zero-order chi connectivity index (χ0) is 25.8. The number of carbonyl (C=O) groups excluding carboxylic acids is 4. The average molecular weight is 519 g/mol. The molecule has 0 aliphatic carbocycles. The smallest absolute Gasteiger partial charge is 0.312 e. The molecule has 1 saturated heterocycles. The van der Waals surface area contributed by atoms with E-state index in [4.69, 9.17) is 27.9 Å². The molecule has 3 rings (SSSR count). The third kappa shape index (κ3) is 6.83. The van der Waals surface area contributed by atoms with E-state index in [-0.39, 0.29) is 30.7 Å². The van der Waals surface area contributed by atoms with Crippen LogP contribution in [-0.2, 0) is 19.7 Å². The Hall–Kier alpha value is -2.90. The van der Waals surface area contributed by atoms with Crippen molar-refractivity contribution in [3.8, 4) is 0 Å². The van der Waals surface area contributed by atoms with Gasteiger partial charge in [0.1, 0.15) is 0 Å². The first-order valence-corrected chi connectivity index (χ1v) is 12.2. The quantitative estimate of drug-likeness (QED) is 0.314. The van der Waals surface area contributed by atoms with Crippen LogP contribution in [-0.4, -0.2) is 47.1 Å². The van der Waals surface area contributed by atoms with E-state index in [0.717, 1.165) is 10.6 Å². The minimum atomic E-state index is -1.08. The van der Waals surface area contributed by atoms with E-state index in [2.05, 4.69) is 26.2 Å². The second-order valence-electron chi connectivity index (χ2n) is 9.45. The van der Waals surface area contributed by atoms with E-state index in [9.17, 15) is 19.2 Å². The number of hydrogen-bond donors (Lipinski definition) is 1. The summed E-state index contributed by atoms with van der Waals surface area (Å²) in [5.41, 5.74) is 4.32. The van der Waals surface area contributed by atoms with E-state index < -0.39 is 35.6 Å². The highest BCUT2D eigenvalue weighted by atomic mass is 35.5. The lowest BCUT2D eigenvalue weighted by atomic mass is 9.87. The molecule has 0 bridgehead atoms. The number of nitrogens with zero attached hydrogens (tertiary/aromatic N) is 1. The van der Waals surface area contributed by atoms with Crippen LogP contribution in [0.2, 0.25) is 5.02 Å². The summed E-state index contributed by atoms with van der Waals surface area (Å²) in [5.74, 6) is -2.67. The number of benzene rings is 2. The predicted octanol–water partition coefficient (Wildman–Crippen LogP) is 4.55. The molecule has 0 unspecified atom stereocenters. The highest BCUT2D eigenvalue weighted by Crippen LogP contribution is 2.23. The number of alkyl halides is 1. The van der Waals surface area contributed by atoms with Gasteiger partial charge in [0.2, 0.25) is 11.7 Å². The summed E-state index contributed by atoms with van der Waals surface area (Å²) in [5, 5.41) is 1.59. The Kier molecular flexibility index (Phi) is 8.56. The lowest BCUT2D eigenvalue weighted by Crippen LogP contribution is -2.43. The minimum absolute atomic E-state index is 0.0494. The van der Waals surface area contributed by atoms with Gasteiger partial charge in [0.05, 0.1) is 12.5 Å². The summed E-state index contributed by atoms with van der Waals surface area (Å²) in [7, 11) is 0. The molecule has 1 aliphatic rings. The van der Waals surface area contributed by atoms with E-state index >= 15 is 0 Å². The van der Waals surface area contributed by atoms with Crippen molar-refractivity contribution < 1.29 is 23.9 Å². The number of carbonyl (C=O) groups is 4. The highest BCUT2D eigenvalue weighted by molar-refractivity contribution is 6.30. The van der Waals surface area contributed by atoms with Crippen molar-refractivity contribution in [3.63, 3.8) is 0 Å². The van der Waals surface area contributed by atoms with Crippen LogP contribution in [0.1, 0.15) is 59.9 Å². The Balaban J connectivity index is 1.61. The van der Waals surface area contributed by atoms with Gasteiger partial charge in [-0.1, -0.05) is 44.5 Å². The number of rotatable bonds is 8. The van der Waals surface area contributed by atoms with Crippen LogP contribution >= 0.6 is 23.2 Å². The molecule has 1 heterocycles. The third-order valence-corrected chi connectivity index (χ3v) is 6.23. The molecule has 1 aliphatic heterocycles. The van der Waals surface area contributed by atoms with Gasteiger partial charge in [-0.2, -0.15) is 0 Å². The fraction of sp³-hybridized carbons (Fsp3) is 0.385. The number of amides is 2. The van der Waals surface area contributed by atoms with Crippen LogP contribution in [0, 0.1) is 5.92 Å².